The lowest BCUT2D eigenvalue weighted by atomic mass is 10.2. The lowest BCUT2D eigenvalue weighted by Crippen LogP contribution is -2.13. The van der Waals surface area contributed by atoms with Crippen LogP contribution in [0, 0.1) is 5.82 Å². The fourth-order valence-electron chi connectivity index (χ4n) is 3.30. The number of carbonyl (C=O) groups is 1. The summed E-state index contributed by atoms with van der Waals surface area (Å²) in [6.07, 6.45) is 0.579. The first-order chi connectivity index (χ1) is 15.6. The van der Waals surface area contributed by atoms with Crippen molar-refractivity contribution in [3.63, 3.8) is 0 Å². The highest BCUT2D eigenvalue weighted by molar-refractivity contribution is 5.91. The molecular formula is C22H19FN6O3. The zero-order chi connectivity index (χ0) is 21.9. The van der Waals surface area contributed by atoms with Crippen molar-refractivity contribution in [1.82, 2.24) is 19.8 Å². The predicted octanol–water partition coefficient (Wildman–Crippen LogP) is 3.18. The summed E-state index contributed by atoms with van der Waals surface area (Å²) in [6, 6.07) is 15.1. The molecule has 4 aromatic rings. The Labute approximate surface area is 182 Å². The van der Waals surface area contributed by atoms with E-state index in [9.17, 15) is 9.18 Å². The maximum Gasteiger partial charge on any atom is 0.231 e. The van der Waals surface area contributed by atoms with E-state index in [0.717, 1.165) is 5.56 Å². The highest BCUT2D eigenvalue weighted by Crippen LogP contribution is 2.34. The van der Waals surface area contributed by atoms with Gasteiger partial charge in [0.25, 0.3) is 0 Å². The second-order valence-electron chi connectivity index (χ2n) is 7.20. The van der Waals surface area contributed by atoms with E-state index < -0.39 is 0 Å². The van der Waals surface area contributed by atoms with Crippen LogP contribution < -0.4 is 20.1 Å². The molecule has 2 N–H and O–H groups in total. The topological polar surface area (TPSA) is 103 Å². The Morgan fingerprint density at radius 2 is 1.88 bits per heavy atom. The molecule has 0 atom stereocenters. The first kappa shape index (κ1) is 19.7. The summed E-state index contributed by atoms with van der Waals surface area (Å²) in [4.78, 5) is 12.4. The van der Waals surface area contributed by atoms with E-state index in [1.165, 1.54) is 12.1 Å². The van der Waals surface area contributed by atoms with Crippen LogP contribution in [0.1, 0.15) is 17.8 Å². The minimum absolute atomic E-state index is 0.161. The summed E-state index contributed by atoms with van der Waals surface area (Å²) < 4.78 is 25.3. The van der Waals surface area contributed by atoms with Crippen LogP contribution in [0.5, 0.6) is 11.5 Å². The van der Waals surface area contributed by atoms with Gasteiger partial charge in [0.2, 0.25) is 12.7 Å². The first-order valence-electron chi connectivity index (χ1n) is 10.0. The molecule has 0 saturated carbocycles. The van der Waals surface area contributed by atoms with Crippen LogP contribution in [0.25, 0.3) is 5.65 Å². The van der Waals surface area contributed by atoms with E-state index in [4.69, 9.17) is 9.47 Å². The Bertz CT molecular complexity index is 1270. The zero-order valence-electron chi connectivity index (χ0n) is 16.9. The number of hydrogen-bond acceptors (Lipinski definition) is 7. The van der Waals surface area contributed by atoms with Crippen LogP contribution in [-0.2, 0) is 17.8 Å². The van der Waals surface area contributed by atoms with E-state index >= 15 is 0 Å². The average molecular weight is 434 g/mol. The third-order valence-electron chi connectivity index (χ3n) is 4.95. The van der Waals surface area contributed by atoms with Crippen molar-refractivity contribution in [1.29, 1.82) is 0 Å². The summed E-state index contributed by atoms with van der Waals surface area (Å²) in [6.45, 7) is 0.675. The second kappa shape index (κ2) is 8.50. The van der Waals surface area contributed by atoms with Crippen molar-refractivity contribution >= 4 is 23.1 Å². The fourth-order valence-corrected chi connectivity index (χ4v) is 3.30. The Morgan fingerprint density at radius 1 is 1.03 bits per heavy atom. The van der Waals surface area contributed by atoms with Crippen LogP contribution in [0.3, 0.4) is 0 Å². The second-order valence-corrected chi connectivity index (χ2v) is 7.20. The van der Waals surface area contributed by atoms with Gasteiger partial charge in [0.15, 0.2) is 23.0 Å². The quantitative estimate of drug-likeness (QED) is 0.461. The lowest BCUT2D eigenvalue weighted by Gasteiger charge is -2.07. The summed E-state index contributed by atoms with van der Waals surface area (Å²) >= 11 is 0. The van der Waals surface area contributed by atoms with E-state index in [1.807, 2.05) is 0 Å². The lowest BCUT2D eigenvalue weighted by molar-refractivity contribution is -0.116. The monoisotopic (exact) mass is 434 g/mol. The number of nitrogens with zero attached hydrogens (tertiary/aromatic N) is 4. The summed E-state index contributed by atoms with van der Waals surface area (Å²) in [5.41, 5.74) is 2.15. The number of anilines is 2. The van der Waals surface area contributed by atoms with Gasteiger partial charge in [0.1, 0.15) is 11.6 Å². The van der Waals surface area contributed by atoms with E-state index in [-0.39, 0.29) is 24.9 Å². The van der Waals surface area contributed by atoms with Gasteiger partial charge in [-0.15, -0.1) is 15.3 Å². The van der Waals surface area contributed by atoms with Gasteiger partial charge >= 0.3 is 0 Å². The number of ether oxygens (including phenoxy) is 2. The van der Waals surface area contributed by atoms with Crippen molar-refractivity contribution < 1.29 is 18.7 Å². The third kappa shape index (κ3) is 4.29. The zero-order valence-corrected chi connectivity index (χ0v) is 16.9. The van der Waals surface area contributed by atoms with Crippen molar-refractivity contribution in [2.45, 2.75) is 19.4 Å². The van der Waals surface area contributed by atoms with Crippen LogP contribution in [-0.4, -0.2) is 32.5 Å². The molecule has 2 aromatic heterocycles. The van der Waals surface area contributed by atoms with E-state index in [2.05, 4.69) is 25.9 Å². The average Bonchev–Trinajstić information content (AvgIpc) is 3.43. The fraction of sp³-hybridized carbons (Fsp3) is 0.182. The van der Waals surface area contributed by atoms with Gasteiger partial charge in [0, 0.05) is 31.1 Å². The van der Waals surface area contributed by atoms with Gasteiger partial charge in [-0.2, -0.15) is 4.52 Å². The molecule has 0 fully saturated rings. The molecule has 2 aromatic carbocycles. The van der Waals surface area contributed by atoms with Gasteiger partial charge in [0.05, 0.1) is 0 Å². The number of benzene rings is 2. The van der Waals surface area contributed by atoms with Gasteiger partial charge in [-0.05, 0) is 42.0 Å². The number of aromatic nitrogens is 4. The van der Waals surface area contributed by atoms with Crippen molar-refractivity contribution in [3.8, 4) is 11.5 Å². The number of aryl methyl sites for hydroxylation is 1. The molecule has 5 rings (SSSR count). The molecule has 0 radical (unpaired) electrons. The van der Waals surface area contributed by atoms with E-state index in [1.54, 1.807) is 47.0 Å². The van der Waals surface area contributed by atoms with Gasteiger partial charge in [-0.3, -0.25) is 4.79 Å². The predicted molar refractivity (Wildman–Crippen MR) is 114 cm³/mol. The largest absolute Gasteiger partial charge is 0.454 e. The molecule has 0 unspecified atom stereocenters. The molecule has 9 nitrogen and oxygen atoms in total. The molecule has 162 valence electrons. The number of fused-ring (bicyclic) bond motifs is 2. The molecular weight excluding hydrogens is 415 g/mol. The summed E-state index contributed by atoms with van der Waals surface area (Å²) in [5, 5.41) is 18.8. The minimum atomic E-state index is -0.273. The van der Waals surface area contributed by atoms with Gasteiger partial charge < -0.3 is 20.1 Å². The number of amides is 1. The first-order valence-corrected chi connectivity index (χ1v) is 10.0. The Balaban J connectivity index is 1.21. The van der Waals surface area contributed by atoms with Crippen molar-refractivity contribution in [3.05, 3.63) is 71.8 Å². The molecule has 1 aliphatic heterocycles. The molecule has 10 heteroatoms. The molecule has 1 aliphatic rings. The van der Waals surface area contributed by atoms with Crippen LogP contribution in [0.15, 0.2) is 54.6 Å². The third-order valence-corrected chi connectivity index (χ3v) is 4.95. The van der Waals surface area contributed by atoms with Crippen molar-refractivity contribution in [2.75, 3.05) is 17.4 Å². The number of hydrogen-bond donors (Lipinski definition) is 2. The van der Waals surface area contributed by atoms with Gasteiger partial charge in [-0.25, -0.2) is 4.39 Å². The molecule has 32 heavy (non-hydrogen) atoms. The SMILES string of the molecule is O=C(CCc1nnc2ccc(NCc3ccc(F)cc3)nn12)Nc1ccc2c(c1)OCO2. The maximum atomic E-state index is 13.0. The number of carbonyl (C=O) groups excluding carboxylic acids is 1. The Hall–Kier alpha value is -4.21. The Morgan fingerprint density at radius 3 is 2.75 bits per heavy atom. The molecule has 0 spiro atoms. The minimum Gasteiger partial charge on any atom is -0.454 e. The van der Waals surface area contributed by atoms with Gasteiger partial charge in [-0.1, -0.05) is 12.1 Å². The maximum absolute atomic E-state index is 13.0. The van der Waals surface area contributed by atoms with Crippen LogP contribution >= 0.6 is 0 Å². The molecule has 0 aliphatic carbocycles. The molecule has 0 bridgehead atoms. The normalized spacial score (nSPS) is 12.2. The molecule has 0 saturated heterocycles. The van der Waals surface area contributed by atoms with E-state index in [0.29, 0.717) is 47.4 Å². The summed E-state index contributed by atoms with van der Waals surface area (Å²) in [5.74, 6) is 2.03. The number of nitrogens with one attached hydrogen (secondary N) is 2. The summed E-state index contributed by atoms with van der Waals surface area (Å²) in [7, 11) is 0. The molecule has 1 amide bonds. The Kier molecular flexibility index (Phi) is 5.24. The molecule has 3 heterocycles. The standard InChI is InChI=1S/C22H19FN6O3/c23-15-3-1-14(2-4-15)12-24-19-7-8-20-26-27-21(29(20)28-19)9-10-22(30)25-16-5-6-17-18(11-16)32-13-31-17/h1-8,11H,9-10,12-13H2,(H,24,28)(H,25,30). The highest BCUT2D eigenvalue weighted by Gasteiger charge is 2.15. The number of halogens is 1. The number of rotatable bonds is 7. The van der Waals surface area contributed by atoms with Crippen LogP contribution in [0.2, 0.25) is 0 Å². The highest BCUT2D eigenvalue weighted by atomic mass is 19.1. The van der Waals surface area contributed by atoms with Crippen LogP contribution in [0.4, 0.5) is 15.9 Å². The smallest absolute Gasteiger partial charge is 0.231 e. The van der Waals surface area contributed by atoms with Crippen molar-refractivity contribution in [2.24, 2.45) is 0 Å².